The van der Waals surface area contributed by atoms with E-state index in [4.69, 9.17) is 10.5 Å². The lowest BCUT2D eigenvalue weighted by molar-refractivity contribution is -0.125. The molecule has 13 heteroatoms. The second kappa shape index (κ2) is 11.3. The standard InChI is InChI=1S/C18H22F6N4O3/c19-14(20)7-27(8-15(21)22)13(6-25)18(30)26-12-2-1-10(5-11(12)17(23)24)28-3-4-31-9-16(28)29/h1-2,5,13-15,17H,3-4,6-9,25H2,(H,26,30)/t13-/m1/s1. The van der Waals surface area contributed by atoms with Crippen molar-refractivity contribution >= 4 is 23.2 Å². The van der Waals surface area contributed by atoms with Gasteiger partial charge in [-0.1, -0.05) is 0 Å². The Labute approximate surface area is 174 Å². The Bertz CT molecular complexity index is 758. The topological polar surface area (TPSA) is 87.9 Å². The normalized spacial score (nSPS) is 16.0. The molecule has 1 aliphatic rings. The molecule has 0 unspecified atom stereocenters. The second-order valence-corrected chi connectivity index (χ2v) is 6.65. The number of ether oxygens (including phenoxy) is 1. The van der Waals surface area contributed by atoms with Crippen LogP contribution in [0, 0.1) is 0 Å². The summed E-state index contributed by atoms with van der Waals surface area (Å²) in [5.41, 5.74) is 4.60. The minimum atomic E-state index is -3.05. The van der Waals surface area contributed by atoms with Crippen LogP contribution in [-0.4, -0.2) is 75.0 Å². The van der Waals surface area contributed by atoms with Gasteiger partial charge in [-0.05, 0) is 18.2 Å². The van der Waals surface area contributed by atoms with Crippen molar-refractivity contribution in [3.63, 3.8) is 0 Å². The number of nitrogens with zero attached hydrogens (tertiary/aromatic N) is 2. The molecule has 1 fully saturated rings. The predicted molar refractivity (Wildman–Crippen MR) is 99.6 cm³/mol. The number of carbonyl (C=O) groups excluding carboxylic acids is 2. The summed E-state index contributed by atoms with van der Waals surface area (Å²) >= 11 is 0. The Balaban J connectivity index is 2.26. The summed E-state index contributed by atoms with van der Waals surface area (Å²) in [6, 6.07) is 1.86. The van der Waals surface area contributed by atoms with Gasteiger partial charge in [-0.3, -0.25) is 14.5 Å². The highest BCUT2D eigenvalue weighted by Gasteiger charge is 2.30. The van der Waals surface area contributed by atoms with Gasteiger partial charge in [0.15, 0.2) is 0 Å². The van der Waals surface area contributed by atoms with Crippen LogP contribution in [0.25, 0.3) is 0 Å². The maximum atomic E-state index is 13.6. The summed E-state index contributed by atoms with van der Waals surface area (Å²) < 4.78 is 83.2. The fourth-order valence-electron chi connectivity index (χ4n) is 3.12. The van der Waals surface area contributed by atoms with Crippen LogP contribution in [-0.2, 0) is 14.3 Å². The number of morpholine rings is 1. The molecule has 0 aromatic heterocycles. The van der Waals surface area contributed by atoms with E-state index in [0.717, 1.165) is 12.1 Å². The number of carbonyl (C=O) groups is 2. The van der Waals surface area contributed by atoms with Crippen molar-refractivity contribution in [2.45, 2.75) is 25.3 Å². The Morgan fingerprint density at radius 3 is 2.32 bits per heavy atom. The molecule has 0 bridgehead atoms. The predicted octanol–water partition coefficient (Wildman–Crippen LogP) is 2.09. The van der Waals surface area contributed by atoms with E-state index in [1.807, 2.05) is 0 Å². The molecular weight excluding hydrogens is 434 g/mol. The molecule has 7 nitrogen and oxygen atoms in total. The Hall–Kier alpha value is -2.38. The first-order chi connectivity index (χ1) is 14.6. The van der Waals surface area contributed by atoms with E-state index in [1.165, 1.54) is 11.0 Å². The number of hydrogen-bond acceptors (Lipinski definition) is 5. The SMILES string of the molecule is NC[C@H](C(=O)Nc1ccc(N2CCOCC2=O)cc1C(F)F)N(CC(F)F)CC(F)F. The van der Waals surface area contributed by atoms with Gasteiger partial charge in [0.1, 0.15) is 12.6 Å². The van der Waals surface area contributed by atoms with Crippen molar-refractivity contribution in [2.24, 2.45) is 5.73 Å². The van der Waals surface area contributed by atoms with Crippen molar-refractivity contribution in [1.82, 2.24) is 4.90 Å². The van der Waals surface area contributed by atoms with Crippen LogP contribution in [0.15, 0.2) is 18.2 Å². The summed E-state index contributed by atoms with van der Waals surface area (Å²) in [7, 11) is 0. The fraction of sp³-hybridized carbons (Fsp3) is 0.556. The van der Waals surface area contributed by atoms with Crippen LogP contribution in [0.2, 0.25) is 0 Å². The van der Waals surface area contributed by atoms with E-state index in [1.54, 1.807) is 0 Å². The highest BCUT2D eigenvalue weighted by Crippen LogP contribution is 2.32. The zero-order chi connectivity index (χ0) is 23.1. The number of halogens is 6. The number of nitrogens with one attached hydrogen (secondary N) is 1. The monoisotopic (exact) mass is 456 g/mol. The molecule has 31 heavy (non-hydrogen) atoms. The maximum Gasteiger partial charge on any atom is 0.265 e. The van der Waals surface area contributed by atoms with Crippen LogP contribution in [0.3, 0.4) is 0 Å². The van der Waals surface area contributed by atoms with E-state index in [0.29, 0.717) is 4.90 Å². The van der Waals surface area contributed by atoms with E-state index in [2.05, 4.69) is 5.32 Å². The zero-order valence-electron chi connectivity index (χ0n) is 16.2. The van der Waals surface area contributed by atoms with Crippen molar-refractivity contribution in [2.75, 3.05) is 49.6 Å². The van der Waals surface area contributed by atoms with Crippen LogP contribution in [0.4, 0.5) is 37.7 Å². The molecule has 0 saturated carbocycles. The molecule has 2 amide bonds. The van der Waals surface area contributed by atoms with Gasteiger partial charge in [0, 0.05) is 30.0 Å². The van der Waals surface area contributed by atoms with Crippen LogP contribution >= 0.6 is 0 Å². The van der Waals surface area contributed by atoms with Crippen molar-refractivity contribution < 1.29 is 40.7 Å². The molecule has 1 aliphatic heterocycles. The zero-order valence-corrected chi connectivity index (χ0v) is 16.2. The summed E-state index contributed by atoms with van der Waals surface area (Å²) in [6.45, 7) is -2.70. The number of rotatable bonds is 10. The van der Waals surface area contributed by atoms with Gasteiger partial charge < -0.3 is 20.7 Å². The fourth-order valence-corrected chi connectivity index (χ4v) is 3.12. The highest BCUT2D eigenvalue weighted by molar-refractivity contribution is 5.97. The Morgan fingerprint density at radius 1 is 1.16 bits per heavy atom. The van der Waals surface area contributed by atoms with E-state index < -0.39 is 62.3 Å². The summed E-state index contributed by atoms with van der Waals surface area (Å²) in [5, 5.41) is 2.15. The van der Waals surface area contributed by atoms with Crippen molar-refractivity contribution in [1.29, 1.82) is 0 Å². The first-order valence-corrected chi connectivity index (χ1v) is 9.25. The molecular formula is C18H22F6N4O3. The van der Waals surface area contributed by atoms with Gasteiger partial charge in [-0.2, -0.15) is 0 Å². The van der Waals surface area contributed by atoms with E-state index in [-0.39, 0.29) is 31.1 Å². The number of amides is 2. The smallest absolute Gasteiger partial charge is 0.265 e. The van der Waals surface area contributed by atoms with E-state index >= 15 is 0 Å². The third kappa shape index (κ3) is 6.80. The highest BCUT2D eigenvalue weighted by atomic mass is 19.3. The first-order valence-electron chi connectivity index (χ1n) is 9.25. The molecule has 1 atom stereocenters. The van der Waals surface area contributed by atoms with Gasteiger partial charge in [0.25, 0.3) is 25.2 Å². The van der Waals surface area contributed by atoms with Gasteiger partial charge in [-0.15, -0.1) is 0 Å². The number of benzene rings is 1. The molecule has 1 aromatic rings. The Kier molecular flexibility index (Phi) is 9.07. The number of nitrogens with two attached hydrogens (primary N) is 1. The van der Waals surface area contributed by atoms with Crippen LogP contribution in [0.1, 0.15) is 12.0 Å². The first kappa shape index (κ1) is 24.9. The number of anilines is 2. The summed E-state index contributed by atoms with van der Waals surface area (Å²) in [4.78, 5) is 26.2. The minimum absolute atomic E-state index is 0.151. The quantitative estimate of drug-likeness (QED) is 0.527. The maximum absolute atomic E-state index is 13.6. The van der Waals surface area contributed by atoms with E-state index in [9.17, 15) is 35.9 Å². The molecule has 3 N–H and O–H groups in total. The number of hydrogen-bond donors (Lipinski definition) is 2. The van der Waals surface area contributed by atoms with Crippen molar-refractivity contribution in [3.8, 4) is 0 Å². The summed E-state index contributed by atoms with van der Waals surface area (Å²) in [6.07, 6.45) is -9.08. The van der Waals surface area contributed by atoms with Gasteiger partial charge >= 0.3 is 0 Å². The molecule has 0 radical (unpaired) electrons. The molecule has 0 aliphatic carbocycles. The van der Waals surface area contributed by atoms with Gasteiger partial charge in [0.2, 0.25) is 5.91 Å². The molecule has 1 heterocycles. The van der Waals surface area contributed by atoms with Crippen LogP contribution < -0.4 is 16.0 Å². The second-order valence-electron chi connectivity index (χ2n) is 6.65. The molecule has 1 saturated heterocycles. The van der Waals surface area contributed by atoms with Crippen LogP contribution in [0.5, 0.6) is 0 Å². The lowest BCUT2D eigenvalue weighted by atomic mass is 10.1. The summed E-state index contributed by atoms with van der Waals surface area (Å²) in [5.74, 6) is -1.51. The third-order valence-corrected chi connectivity index (χ3v) is 4.54. The molecule has 0 spiro atoms. The van der Waals surface area contributed by atoms with Gasteiger partial charge in [0.05, 0.1) is 19.7 Å². The Morgan fingerprint density at radius 2 is 1.81 bits per heavy atom. The third-order valence-electron chi connectivity index (χ3n) is 4.54. The number of alkyl halides is 6. The lowest BCUT2D eigenvalue weighted by Gasteiger charge is -2.30. The molecule has 2 rings (SSSR count). The minimum Gasteiger partial charge on any atom is -0.370 e. The average Bonchev–Trinajstić information content (AvgIpc) is 2.68. The van der Waals surface area contributed by atoms with Gasteiger partial charge in [-0.25, -0.2) is 26.3 Å². The average molecular weight is 456 g/mol. The molecule has 174 valence electrons. The largest absolute Gasteiger partial charge is 0.370 e. The lowest BCUT2D eigenvalue weighted by Crippen LogP contribution is -2.51. The van der Waals surface area contributed by atoms with Crippen molar-refractivity contribution in [3.05, 3.63) is 23.8 Å². The molecule has 1 aromatic carbocycles.